The van der Waals surface area contributed by atoms with E-state index in [4.69, 9.17) is 43.2 Å². The number of aliphatic hydroxyl groups is 1. The van der Waals surface area contributed by atoms with Crippen molar-refractivity contribution in [2.24, 2.45) is 5.73 Å². The number of nitrogens with two attached hydrogens (primary N) is 2. The third-order valence-electron chi connectivity index (χ3n) is 6.01. The Bertz CT molecular complexity index is 1700. The maximum Gasteiger partial charge on any atom is 0.303 e. The number of carbonyl (C=O) groups excluding carboxylic acids is 2. The van der Waals surface area contributed by atoms with Gasteiger partial charge in [-0.25, -0.2) is 18.6 Å². The smallest absolute Gasteiger partial charge is 0.303 e. The second-order valence-corrected chi connectivity index (χ2v) is 14.3. The molecule has 1 fully saturated rings. The molecule has 270 valence electrons. The van der Waals surface area contributed by atoms with Gasteiger partial charge in [-0.05, 0) is 6.42 Å². The number of amides is 2. The summed E-state index contributed by atoms with van der Waals surface area (Å²) in [6.07, 6.45) is -5.69. The molecule has 0 aliphatic carbocycles. The minimum absolute atomic E-state index is 0.0376. The minimum atomic E-state index is -6.21. The molecule has 0 saturated carbocycles. The molecule has 3 rings (SSSR count). The van der Waals surface area contributed by atoms with E-state index >= 15 is 0 Å². The standard InChI is InChI=1S/C19H31N8O17P3S/c20-8(1-2-11(29)30)16(32)23-4-3-22-10(28)6-40-14-13(31)9(5-41-46(36,37)44-47(38,39)43-45(33,34)35)42-18(14)27-7-24-12-15(27)25-19(21)26-17(12)48/h7-9,13-14,18,31H,1-6,20H2,(H,22,28)(H,23,32)(H,29,30)(H,36,37)(H,38,39)(H2,33,34,35)(H3,21,25,26,48)/p-3/t8?,9-,13?,14+,18-/m1/s1. The highest BCUT2D eigenvalue weighted by Crippen LogP contribution is 2.61. The number of carbonyl (C=O) groups is 3. The fourth-order valence-electron chi connectivity index (χ4n) is 4.01. The molecule has 1 saturated heterocycles. The molecule has 1 aliphatic heterocycles. The molecule has 8 atom stereocenters. The number of hydrogen-bond donors (Lipinski definition) is 8. The van der Waals surface area contributed by atoms with E-state index in [0.29, 0.717) is 0 Å². The van der Waals surface area contributed by atoms with E-state index in [9.17, 15) is 47.9 Å². The number of aromatic amines is 1. The largest absolute Gasteiger partial charge is 0.756 e. The fourth-order valence-corrected chi connectivity index (χ4v) is 7.15. The zero-order valence-electron chi connectivity index (χ0n) is 24.0. The molecule has 0 aromatic carbocycles. The van der Waals surface area contributed by atoms with Gasteiger partial charge >= 0.3 is 5.97 Å². The summed E-state index contributed by atoms with van der Waals surface area (Å²) in [5.74, 6) is -2.70. The highest BCUT2D eigenvalue weighted by Gasteiger charge is 2.47. The summed E-state index contributed by atoms with van der Waals surface area (Å²) >= 11 is 5.12. The number of anilines is 1. The van der Waals surface area contributed by atoms with Crippen molar-refractivity contribution < 1.29 is 80.5 Å². The molecule has 5 unspecified atom stereocenters. The average Bonchev–Trinajstić information content (AvgIpc) is 3.50. The number of phosphoric acid groups is 3. The molecule has 0 bridgehead atoms. The van der Waals surface area contributed by atoms with E-state index in [-0.39, 0.29) is 47.7 Å². The number of nitrogens with one attached hydrogen (secondary N) is 3. The van der Waals surface area contributed by atoms with Gasteiger partial charge in [-0.15, -0.1) is 0 Å². The summed E-state index contributed by atoms with van der Waals surface area (Å²) in [4.78, 5) is 88.3. The Kier molecular flexibility index (Phi) is 13.5. The molecule has 2 aromatic rings. The zero-order chi connectivity index (χ0) is 36.0. The van der Waals surface area contributed by atoms with Gasteiger partial charge in [0, 0.05) is 19.5 Å². The molecule has 0 spiro atoms. The number of nitrogens with zero attached hydrogens (tertiary/aromatic N) is 3. The van der Waals surface area contributed by atoms with Crippen molar-refractivity contribution in [1.29, 1.82) is 0 Å². The van der Waals surface area contributed by atoms with E-state index in [1.165, 1.54) is 4.57 Å². The van der Waals surface area contributed by atoms with Gasteiger partial charge in [-0.3, -0.25) is 32.6 Å². The lowest BCUT2D eigenvalue weighted by Gasteiger charge is -2.33. The van der Waals surface area contributed by atoms with Gasteiger partial charge in [0.05, 0.1) is 19.0 Å². The van der Waals surface area contributed by atoms with Crippen LogP contribution in [0.1, 0.15) is 19.1 Å². The molecule has 48 heavy (non-hydrogen) atoms. The summed E-state index contributed by atoms with van der Waals surface area (Å²) in [6, 6.07) is -1.09. The number of carboxylic acid groups (broad SMARTS) is 1. The molecule has 1 aliphatic rings. The predicted octanol–water partition coefficient (Wildman–Crippen LogP) is -4.41. The van der Waals surface area contributed by atoms with Gasteiger partial charge < -0.3 is 70.9 Å². The zero-order valence-corrected chi connectivity index (χ0v) is 27.5. The second kappa shape index (κ2) is 16.3. The summed E-state index contributed by atoms with van der Waals surface area (Å²) in [5.41, 5.74) is 11.5. The Morgan fingerprint density at radius 1 is 1.17 bits per heavy atom. The number of nitrogen functional groups attached to an aromatic ring is 1. The summed E-state index contributed by atoms with van der Waals surface area (Å²) in [5, 5.41) is 24.4. The van der Waals surface area contributed by atoms with Crippen LogP contribution in [0.25, 0.3) is 11.2 Å². The summed E-state index contributed by atoms with van der Waals surface area (Å²) in [7, 11) is -18.1. The molecule has 3 heterocycles. The van der Waals surface area contributed by atoms with Crippen LogP contribution in [0.5, 0.6) is 0 Å². The first-order valence-electron chi connectivity index (χ1n) is 13.1. The maximum absolute atomic E-state index is 12.5. The van der Waals surface area contributed by atoms with Crippen LogP contribution in [0.15, 0.2) is 6.33 Å². The quantitative estimate of drug-likeness (QED) is 0.0403. The van der Waals surface area contributed by atoms with Gasteiger partial charge in [-0.1, -0.05) is 12.2 Å². The number of aliphatic carboxylic acids is 1. The van der Waals surface area contributed by atoms with Gasteiger partial charge in [0.1, 0.15) is 36.1 Å². The molecule has 10 N–H and O–H groups in total. The van der Waals surface area contributed by atoms with Crippen molar-refractivity contribution in [3.8, 4) is 0 Å². The van der Waals surface area contributed by atoms with Gasteiger partial charge in [-0.2, -0.15) is 0 Å². The third-order valence-corrected chi connectivity index (χ3v) is 9.99. The van der Waals surface area contributed by atoms with Gasteiger partial charge in [0.2, 0.25) is 11.8 Å². The van der Waals surface area contributed by atoms with Crippen molar-refractivity contribution in [3.63, 3.8) is 0 Å². The van der Waals surface area contributed by atoms with Crippen molar-refractivity contribution in [1.82, 2.24) is 30.2 Å². The fraction of sp³-hybridized carbons (Fsp3) is 0.579. The number of aliphatic hydroxyl groups excluding tert-OH is 1. The number of aromatic nitrogens is 4. The monoisotopic (exact) mass is 765 g/mol. The van der Waals surface area contributed by atoms with Crippen LogP contribution in [0.2, 0.25) is 0 Å². The van der Waals surface area contributed by atoms with Crippen LogP contribution in [0.3, 0.4) is 0 Å². The summed E-state index contributed by atoms with van der Waals surface area (Å²) < 4.78 is 57.8. The number of fused-ring (bicyclic) bond motifs is 1. The number of H-pyrrole nitrogens is 1. The van der Waals surface area contributed by atoms with E-state index < -0.39 is 85.0 Å². The summed E-state index contributed by atoms with van der Waals surface area (Å²) in [6.45, 7) is -2.13. The molecule has 0 radical (unpaired) electrons. The Morgan fingerprint density at radius 2 is 1.83 bits per heavy atom. The van der Waals surface area contributed by atoms with Crippen molar-refractivity contribution in [3.05, 3.63) is 11.0 Å². The molecule has 29 heteroatoms. The molecule has 2 aromatic heterocycles. The lowest BCUT2D eigenvalue weighted by molar-refractivity contribution is -0.250. The van der Waals surface area contributed by atoms with E-state index in [1.54, 1.807) is 0 Å². The van der Waals surface area contributed by atoms with Gasteiger partial charge in [0.15, 0.2) is 16.8 Å². The van der Waals surface area contributed by atoms with E-state index in [0.717, 1.165) is 6.33 Å². The van der Waals surface area contributed by atoms with Crippen LogP contribution < -0.4 is 36.8 Å². The van der Waals surface area contributed by atoms with Crippen LogP contribution >= 0.6 is 35.7 Å². The first kappa shape index (κ1) is 39.7. The van der Waals surface area contributed by atoms with Crippen LogP contribution in [-0.2, 0) is 50.7 Å². The number of hydrogen-bond acceptors (Lipinski definition) is 20. The minimum Gasteiger partial charge on any atom is -0.756 e. The first-order chi connectivity index (χ1) is 22.2. The topological polar surface area (TPSA) is 401 Å². The highest BCUT2D eigenvalue weighted by atomic mass is 32.1. The normalized spacial score (nSPS) is 23.9. The van der Waals surface area contributed by atoms with Crippen LogP contribution in [0, 0.1) is 4.64 Å². The maximum atomic E-state index is 12.5. The molecule has 25 nitrogen and oxygen atoms in total. The molecular formula is C19H28N8O17P3S-3. The first-order valence-corrected chi connectivity index (χ1v) is 17.9. The highest BCUT2D eigenvalue weighted by molar-refractivity contribution is 7.71. The SMILES string of the molecule is Nc1nc(=S)c2ncn([C@@H]3O[C@H](COP(=O)([O-])OP(=O)([O-])OP(=O)([O-])O)C(O)[C@@H]3OCC(=O)NCCNC(=O)C(N)CCC(=O)O)c2[nH]1. The second-order valence-electron chi connectivity index (χ2n) is 9.61. The number of phosphoric ester groups is 1. The molecule has 2 amide bonds. The number of carboxylic acids is 1. The Morgan fingerprint density at radius 3 is 2.48 bits per heavy atom. The van der Waals surface area contributed by atoms with Crippen LogP contribution in [0.4, 0.5) is 5.95 Å². The van der Waals surface area contributed by atoms with Gasteiger partial charge in [0.25, 0.3) is 23.5 Å². The lowest BCUT2D eigenvalue weighted by Crippen LogP contribution is -2.44. The van der Waals surface area contributed by atoms with E-state index in [1.807, 2.05) is 0 Å². The predicted molar refractivity (Wildman–Crippen MR) is 151 cm³/mol. The lowest BCUT2D eigenvalue weighted by atomic mass is 10.1. The van der Waals surface area contributed by atoms with Crippen molar-refractivity contribution in [2.45, 2.75) is 43.4 Å². The van der Waals surface area contributed by atoms with E-state index in [2.05, 4.69) is 38.7 Å². The Labute approximate surface area is 273 Å². The van der Waals surface area contributed by atoms with Crippen molar-refractivity contribution >= 4 is 70.6 Å². The number of rotatable bonds is 18. The third kappa shape index (κ3) is 11.7. The van der Waals surface area contributed by atoms with Crippen molar-refractivity contribution in [2.75, 3.05) is 32.0 Å². The Hall–Kier alpha value is -2.77. The average molecular weight is 765 g/mol. The number of imidazole rings is 1. The number of ether oxygens (including phenoxy) is 2. The Balaban J connectivity index is 1.68. The molecular weight excluding hydrogens is 737 g/mol. The van der Waals surface area contributed by atoms with Crippen LogP contribution in [-0.4, -0.2) is 103 Å².